The molecule has 0 spiro atoms. The Balaban J connectivity index is 1.96. The highest BCUT2D eigenvalue weighted by Gasteiger charge is 2.29. The summed E-state index contributed by atoms with van der Waals surface area (Å²) in [7, 11) is -3.88. The molecule has 1 amide bonds. The summed E-state index contributed by atoms with van der Waals surface area (Å²) in [6, 6.07) is 1.61. The number of nitrogens with zero attached hydrogens (tertiary/aromatic N) is 2. The van der Waals surface area contributed by atoms with Gasteiger partial charge in [0.05, 0.1) is 25.2 Å². The third-order valence-electron chi connectivity index (χ3n) is 4.30. The zero-order valence-corrected chi connectivity index (χ0v) is 16.3. The number of hydrogen-bond donors (Lipinski definition) is 1. The minimum Gasteiger partial charge on any atom is -0.379 e. The molecule has 7 nitrogen and oxygen atoms in total. The summed E-state index contributed by atoms with van der Waals surface area (Å²) < 4.78 is 56.9. The lowest BCUT2D eigenvalue weighted by Crippen LogP contribution is -2.48. The van der Waals surface area contributed by atoms with Crippen LogP contribution in [0.3, 0.4) is 0 Å². The number of amides is 1. The maximum absolute atomic E-state index is 13.5. The van der Waals surface area contributed by atoms with Crippen LogP contribution in [0.1, 0.15) is 13.3 Å². The largest absolute Gasteiger partial charge is 0.379 e. The fourth-order valence-electron chi connectivity index (χ4n) is 2.92. The zero-order chi connectivity index (χ0) is 20.0. The van der Waals surface area contributed by atoms with E-state index in [1.54, 1.807) is 0 Å². The van der Waals surface area contributed by atoms with Crippen LogP contribution in [0.15, 0.2) is 18.2 Å². The van der Waals surface area contributed by atoms with E-state index >= 15 is 0 Å². The number of anilines is 1. The molecule has 1 aliphatic heterocycles. The van der Waals surface area contributed by atoms with Gasteiger partial charge < -0.3 is 10.1 Å². The third kappa shape index (κ3) is 6.12. The van der Waals surface area contributed by atoms with Crippen LogP contribution in [0, 0.1) is 11.6 Å². The first-order valence-corrected chi connectivity index (χ1v) is 10.6. The highest BCUT2D eigenvalue weighted by Crippen LogP contribution is 2.23. The summed E-state index contributed by atoms with van der Waals surface area (Å²) in [6.45, 7) is 5.68. The van der Waals surface area contributed by atoms with Crippen LogP contribution in [0.2, 0.25) is 0 Å². The molecule has 1 aromatic rings. The molecule has 0 radical (unpaired) electrons. The number of morpholine rings is 1. The molecule has 10 heteroatoms. The second-order valence-corrected chi connectivity index (χ2v) is 8.29. The van der Waals surface area contributed by atoms with Crippen LogP contribution >= 0.6 is 0 Å². The van der Waals surface area contributed by atoms with Gasteiger partial charge in [0.2, 0.25) is 15.9 Å². The van der Waals surface area contributed by atoms with Gasteiger partial charge in [-0.2, -0.15) is 0 Å². The fraction of sp³-hybridized carbons (Fsp3) is 0.588. The van der Waals surface area contributed by atoms with Crippen molar-refractivity contribution in [3.05, 3.63) is 29.8 Å². The summed E-state index contributed by atoms with van der Waals surface area (Å²) in [6.07, 6.45) is 1.62. The molecule has 152 valence electrons. The number of rotatable bonds is 8. The molecule has 2 rings (SSSR count). The Hall–Kier alpha value is -1.78. The van der Waals surface area contributed by atoms with E-state index in [1.165, 1.54) is 6.92 Å². The number of nitrogens with one attached hydrogen (secondary N) is 1. The normalized spacial score (nSPS) is 16.7. The quantitative estimate of drug-likeness (QED) is 0.652. The molecule has 0 aliphatic carbocycles. The summed E-state index contributed by atoms with van der Waals surface area (Å²) in [5, 5.41) is 2.70. The predicted octanol–water partition coefficient (Wildman–Crippen LogP) is 0.958. The first-order chi connectivity index (χ1) is 12.7. The molecule has 1 saturated heterocycles. The van der Waals surface area contributed by atoms with E-state index in [0.29, 0.717) is 26.2 Å². The van der Waals surface area contributed by atoms with E-state index in [1.807, 2.05) is 0 Å². The number of ether oxygens (including phenoxy) is 1. The number of hydrogen-bond acceptors (Lipinski definition) is 5. The van der Waals surface area contributed by atoms with Gasteiger partial charge >= 0.3 is 0 Å². The van der Waals surface area contributed by atoms with Crippen molar-refractivity contribution in [2.45, 2.75) is 19.4 Å². The first kappa shape index (κ1) is 21.5. The fourth-order valence-corrected chi connectivity index (χ4v) is 4.08. The van der Waals surface area contributed by atoms with Crippen molar-refractivity contribution in [1.29, 1.82) is 0 Å². The average Bonchev–Trinajstić information content (AvgIpc) is 2.61. The van der Waals surface area contributed by atoms with Crippen molar-refractivity contribution in [3.8, 4) is 0 Å². The SMILES string of the molecule is C[C@H](C(=O)NCCCN1CCOCC1)N(c1ccc(F)c(F)c1)S(C)(=O)=O. The molecule has 0 aromatic heterocycles. The van der Waals surface area contributed by atoms with Crippen LogP contribution in [-0.2, 0) is 19.6 Å². The van der Waals surface area contributed by atoms with Crippen LogP contribution in [0.25, 0.3) is 0 Å². The van der Waals surface area contributed by atoms with Gasteiger partial charge in [0.15, 0.2) is 11.6 Å². The number of carbonyl (C=O) groups excluding carboxylic acids is 1. The first-order valence-electron chi connectivity index (χ1n) is 8.72. The Bertz CT molecular complexity index is 755. The van der Waals surface area contributed by atoms with E-state index < -0.39 is 33.6 Å². The average molecular weight is 405 g/mol. The van der Waals surface area contributed by atoms with Gasteiger partial charge in [-0.25, -0.2) is 17.2 Å². The topological polar surface area (TPSA) is 79.0 Å². The summed E-state index contributed by atoms with van der Waals surface area (Å²) in [5.74, 6) is -2.78. The molecule has 1 fully saturated rings. The Morgan fingerprint density at radius 1 is 1.30 bits per heavy atom. The Labute approximate surface area is 158 Å². The lowest BCUT2D eigenvalue weighted by molar-refractivity contribution is -0.121. The lowest BCUT2D eigenvalue weighted by Gasteiger charge is -2.29. The Kier molecular flexibility index (Phi) is 7.51. The Morgan fingerprint density at radius 2 is 1.96 bits per heavy atom. The summed E-state index contributed by atoms with van der Waals surface area (Å²) >= 11 is 0. The molecule has 1 N–H and O–H groups in total. The van der Waals surface area contributed by atoms with Gasteiger partial charge in [0, 0.05) is 25.7 Å². The van der Waals surface area contributed by atoms with Crippen molar-refractivity contribution in [2.75, 3.05) is 50.0 Å². The van der Waals surface area contributed by atoms with E-state index in [2.05, 4.69) is 10.2 Å². The highest BCUT2D eigenvalue weighted by atomic mass is 32.2. The summed E-state index contributed by atoms with van der Waals surface area (Å²) in [5.41, 5.74) is -0.104. The van der Waals surface area contributed by atoms with Crippen molar-refractivity contribution in [3.63, 3.8) is 0 Å². The van der Waals surface area contributed by atoms with Gasteiger partial charge in [0.25, 0.3) is 0 Å². The molecule has 1 atom stereocenters. The van der Waals surface area contributed by atoms with E-state index in [4.69, 9.17) is 4.74 Å². The van der Waals surface area contributed by atoms with Gasteiger partial charge in [-0.1, -0.05) is 0 Å². The molecule has 0 saturated carbocycles. The lowest BCUT2D eigenvalue weighted by atomic mass is 10.2. The van der Waals surface area contributed by atoms with Crippen LogP contribution < -0.4 is 9.62 Å². The molecular formula is C17H25F2N3O4S. The van der Waals surface area contributed by atoms with Crippen LogP contribution in [0.5, 0.6) is 0 Å². The Morgan fingerprint density at radius 3 is 2.56 bits per heavy atom. The van der Waals surface area contributed by atoms with Crippen LogP contribution in [0.4, 0.5) is 14.5 Å². The standard InChI is InChI=1S/C17H25F2N3O4S/c1-13(17(23)20-6-3-7-21-8-10-26-11-9-21)22(27(2,24)25)14-4-5-15(18)16(19)12-14/h4-5,12-13H,3,6-11H2,1-2H3,(H,20,23)/t13-/m1/s1. The van der Waals surface area contributed by atoms with E-state index in [-0.39, 0.29) is 5.69 Å². The number of carbonyl (C=O) groups is 1. The second kappa shape index (κ2) is 9.43. The van der Waals surface area contributed by atoms with Crippen molar-refractivity contribution in [1.82, 2.24) is 10.2 Å². The predicted molar refractivity (Wildman–Crippen MR) is 98.0 cm³/mol. The minimum atomic E-state index is -3.88. The highest BCUT2D eigenvalue weighted by molar-refractivity contribution is 7.92. The molecule has 0 bridgehead atoms. The number of sulfonamides is 1. The van der Waals surface area contributed by atoms with Crippen molar-refractivity contribution in [2.24, 2.45) is 0 Å². The second-order valence-electron chi connectivity index (χ2n) is 6.43. The van der Waals surface area contributed by atoms with E-state index in [9.17, 15) is 22.0 Å². The van der Waals surface area contributed by atoms with Gasteiger partial charge in [-0.15, -0.1) is 0 Å². The maximum atomic E-state index is 13.5. The number of benzene rings is 1. The molecule has 27 heavy (non-hydrogen) atoms. The zero-order valence-electron chi connectivity index (χ0n) is 15.5. The smallest absolute Gasteiger partial charge is 0.243 e. The van der Waals surface area contributed by atoms with Crippen LogP contribution in [-0.4, -0.2) is 70.9 Å². The molecule has 1 aliphatic rings. The third-order valence-corrected chi connectivity index (χ3v) is 5.54. The number of halogens is 2. The minimum absolute atomic E-state index is 0.104. The van der Waals surface area contributed by atoms with Gasteiger partial charge in [-0.05, 0) is 32.0 Å². The maximum Gasteiger partial charge on any atom is 0.243 e. The molecule has 1 heterocycles. The monoisotopic (exact) mass is 405 g/mol. The van der Waals surface area contributed by atoms with Gasteiger partial charge in [0.1, 0.15) is 6.04 Å². The molecular weight excluding hydrogens is 380 g/mol. The molecule has 0 unspecified atom stereocenters. The summed E-state index contributed by atoms with van der Waals surface area (Å²) in [4.78, 5) is 14.6. The van der Waals surface area contributed by atoms with Crippen molar-refractivity contribution < 1.29 is 26.7 Å². The van der Waals surface area contributed by atoms with E-state index in [0.717, 1.165) is 48.4 Å². The van der Waals surface area contributed by atoms with Crippen molar-refractivity contribution >= 4 is 21.6 Å². The molecule has 1 aromatic carbocycles. The van der Waals surface area contributed by atoms with Gasteiger partial charge in [-0.3, -0.25) is 14.0 Å².